The van der Waals surface area contributed by atoms with Crippen LogP contribution in [0.15, 0.2) is 16.6 Å². The number of rotatable bonds is 4. The van der Waals surface area contributed by atoms with Crippen molar-refractivity contribution in [2.45, 2.75) is 32.2 Å². The van der Waals surface area contributed by atoms with Crippen LogP contribution in [0, 0.1) is 12.8 Å². The number of carbonyl (C=O) groups excluding carboxylic acids is 3. The highest BCUT2D eigenvalue weighted by atomic mass is 79.9. The quantitative estimate of drug-likeness (QED) is 0.466. The zero-order valence-corrected chi connectivity index (χ0v) is 15.5. The number of ether oxygens (including phenoxy) is 1. The van der Waals surface area contributed by atoms with Gasteiger partial charge in [0.1, 0.15) is 12.1 Å². The fourth-order valence-corrected chi connectivity index (χ4v) is 3.90. The molecule has 2 aliphatic rings. The molecule has 0 spiro atoms. The maximum Gasteiger partial charge on any atom is 0.331 e. The Bertz CT molecular complexity index is 727. The number of amides is 3. The third kappa shape index (κ3) is 3.02. The summed E-state index contributed by atoms with van der Waals surface area (Å²) in [6, 6.07) is 2.80. The van der Waals surface area contributed by atoms with Crippen LogP contribution in [0.1, 0.15) is 25.3 Å². The number of carbonyl (C=O) groups is 3. The predicted molar refractivity (Wildman–Crippen MR) is 90.9 cm³/mol. The molecular formula is C16H16BrClN2O4. The van der Waals surface area contributed by atoms with E-state index >= 15 is 0 Å². The van der Waals surface area contributed by atoms with Crippen LogP contribution in [-0.2, 0) is 9.59 Å². The third-order valence-corrected chi connectivity index (χ3v) is 5.13. The molecule has 0 radical (unpaired) electrons. The summed E-state index contributed by atoms with van der Waals surface area (Å²) in [6.45, 7) is 3.00. The van der Waals surface area contributed by atoms with Crippen LogP contribution in [0.25, 0.3) is 0 Å². The first-order chi connectivity index (χ1) is 11.2. The number of hydrogen-bond donors (Lipinski definition) is 1. The lowest BCUT2D eigenvalue weighted by Crippen LogP contribution is -2.46. The number of benzene rings is 1. The summed E-state index contributed by atoms with van der Waals surface area (Å²) in [7, 11) is 0. The van der Waals surface area contributed by atoms with E-state index in [1.54, 1.807) is 26.0 Å². The lowest BCUT2D eigenvalue weighted by Gasteiger charge is -2.20. The summed E-state index contributed by atoms with van der Waals surface area (Å²) >= 11 is 9.38. The molecule has 0 unspecified atom stereocenters. The summed E-state index contributed by atoms with van der Waals surface area (Å²) in [5.41, 5.74) is -0.245. The first-order valence-electron chi connectivity index (χ1n) is 7.53. The first-order valence-corrected chi connectivity index (χ1v) is 8.70. The molecule has 6 nitrogen and oxygen atoms in total. The van der Waals surface area contributed by atoms with E-state index in [1.807, 2.05) is 0 Å². The van der Waals surface area contributed by atoms with E-state index < -0.39 is 24.1 Å². The molecule has 1 saturated heterocycles. The zero-order chi connectivity index (χ0) is 17.6. The number of aryl methyl sites for hydroxylation is 1. The topological polar surface area (TPSA) is 75.7 Å². The molecule has 128 valence electrons. The maximum absolute atomic E-state index is 12.5. The number of halogens is 2. The molecule has 2 fully saturated rings. The normalized spacial score (nSPS) is 23.4. The van der Waals surface area contributed by atoms with Gasteiger partial charge in [0.2, 0.25) is 0 Å². The second-order valence-corrected chi connectivity index (χ2v) is 7.63. The van der Waals surface area contributed by atoms with Crippen LogP contribution in [0.5, 0.6) is 5.75 Å². The number of hydrogen-bond acceptors (Lipinski definition) is 4. The van der Waals surface area contributed by atoms with Crippen molar-refractivity contribution in [1.82, 2.24) is 10.2 Å². The van der Waals surface area contributed by atoms with Crippen molar-refractivity contribution in [3.8, 4) is 5.75 Å². The number of nitrogens with one attached hydrogen (secondary N) is 1. The Morgan fingerprint density at radius 2 is 2.12 bits per heavy atom. The fourth-order valence-electron chi connectivity index (χ4n) is 2.89. The molecule has 1 aromatic carbocycles. The molecule has 3 amide bonds. The van der Waals surface area contributed by atoms with Crippen LogP contribution < -0.4 is 10.1 Å². The van der Waals surface area contributed by atoms with Crippen LogP contribution in [-0.4, -0.2) is 34.9 Å². The molecule has 1 aliphatic carbocycles. The van der Waals surface area contributed by atoms with Crippen LogP contribution >= 0.6 is 27.5 Å². The van der Waals surface area contributed by atoms with Gasteiger partial charge in [-0.3, -0.25) is 9.69 Å². The molecule has 24 heavy (non-hydrogen) atoms. The first kappa shape index (κ1) is 17.2. The number of urea groups is 1. The van der Waals surface area contributed by atoms with E-state index in [2.05, 4.69) is 21.2 Å². The van der Waals surface area contributed by atoms with E-state index in [-0.39, 0.29) is 22.6 Å². The van der Waals surface area contributed by atoms with E-state index in [9.17, 15) is 14.4 Å². The minimum absolute atomic E-state index is 0.137. The molecule has 1 atom stereocenters. The van der Waals surface area contributed by atoms with Crippen LogP contribution in [0.2, 0.25) is 5.02 Å². The third-order valence-electron chi connectivity index (χ3n) is 4.39. The molecule has 1 heterocycles. The maximum atomic E-state index is 12.5. The number of nitrogens with zero attached hydrogens (tertiary/aromatic N) is 1. The Hall–Kier alpha value is -1.60. The van der Waals surface area contributed by atoms with Gasteiger partial charge in [-0.1, -0.05) is 27.5 Å². The smallest absolute Gasteiger partial charge is 0.331 e. The Balaban J connectivity index is 1.72. The summed E-state index contributed by atoms with van der Waals surface area (Å²) in [4.78, 5) is 37.6. The highest BCUT2D eigenvalue weighted by Gasteiger charge is 2.56. The molecule has 0 bridgehead atoms. The van der Waals surface area contributed by atoms with Gasteiger partial charge in [0.15, 0.2) is 5.75 Å². The van der Waals surface area contributed by atoms with E-state index in [4.69, 9.17) is 16.3 Å². The van der Waals surface area contributed by atoms with Gasteiger partial charge >= 0.3 is 12.0 Å². The minimum atomic E-state index is -0.914. The van der Waals surface area contributed by atoms with Crippen molar-refractivity contribution in [2.75, 3.05) is 6.54 Å². The van der Waals surface area contributed by atoms with Crippen molar-refractivity contribution in [1.29, 1.82) is 0 Å². The monoisotopic (exact) mass is 414 g/mol. The summed E-state index contributed by atoms with van der Waals surface area (Å²) in [5.74, 6) is -0.739. The standard InChI is InChI=1S/C16H16BrClN2O4/c1-8-5-10(17)6-11(18)13(8)24-12(21)7-20-14(22)16(2,9-3-4-9)19-15(20)23/h5-6,9H,3-4,7H2,1-2H3,(H,19,23)/t16-/m0/s1. The Labute approximate surface area is 152 Å². The van der Waals surface area contributed by atoms with Crippen molar-refractivity contribution in [2.24, 2.45) is 5.92 Å². The van der Waals surface area contributed by atoms with Gasteiger partial charge in [0.05, 0.1) is 5.02 Å². The van der Waals surface area contributed by atoms with Gasteiger partial charge < -0.3 is 10.1 Å². The molecule has 1 N–H and O–H groups in total. The molecule has 0 aromatic heterocycles. The molecule has 1 aromatic rings. The van der Waals surface area contributed by atoms with E-state index in [0.717, 1.165) is 22.2 Å². The van der Waals surface area contributed by atoms with E-state index in [0.29, 0.717) is 5.56 Å². The summed E-state index contributed by atoms with van der Waals surface area (Å²) < 4.78 is 6.03. The van der Waals surface area contributed by atoms with Crippen molar-refractivity contribution in [3.05, 3.63) is 27.2 Å². The minimum Gasteiger partial charge on any atom is -0.423 e. The van der Waals surface area contributed by atoms with Crippen LogP contribution in [0.4, 0.5) is 4.79 Å². The summed E-state index contributed by atoms with van der Waals surface area (Å²) in [6.07, 6.45) is 1.79. The van der Waals surface area contributed by atoms with Crippen LogP contribution in [0.3, 0.4) is 0 Å². The highest BCUT2D eigenvalue weighted by Crippen LogP contribution is 2.42. The highest BCUT2D eigenvalue weighted by molar-refractivity contribution is 9.10. The Morgan fingerprint density at radius 3 is 2.71 bits per heavy atom. The second-order valence-electron chi connectivity index (χ2n) is 6.31. The van der Waals surface area contributed by atoms with Gasteiger partial charge in [0.25, 0.3) is 5.91 Å². The Morgan fingerprint density at radius 1 is 1.46 bits per heavy atom. The van der Waals surface area contributed by atoms with Gasteiger partial charge in [-0.15, -0.1) is 0 Å². The molecule has 3 rings (SSSR count). The summed E-state index contributed by atoms with van der Waals surface area (Å²) in [5, 5.41) is 2.96. The fraction of sp³-hybridized carbons (Fsp3) is 0.438. The van der Waals surface area contributed by atoms with Gasteiger partial charge in [0, 0.05) is 4.47 Å². The molecule has 8 heteroatoms. The largest absolute Gasteiger partial charge is 0.423 e. The van der Waals surface area contributed by atoms with E-state index in [1.165, 1.54) is 0 Å². The van der Waals surface area contributed by atoms with Crippen molar-refractivity contribution < 1.29 is 19.1 Å². The van der Waals surface area contributed by atoms with Crippen molar-refractivity contribution >= 4 is 45.4 Å². The zero-order valence-electron chi connectivity index (χ0n) is 13.2. The predicted octanol–water partition coefficient (Wildman–Crippen LogP) is 3.04. The average molecular weight is 416 g/mol. The number of esters is 1. The lowest BCUT2D eigenvalue weighted by atomic mass is 9.96. The molecular weight excluding hydrogens is 400 g/mol. The van der Waals surface area contributed by atoms with Gasteiger partial charge in [-0.05, 0) is 50.3 Å². The Kier molecular flexibility index (Phi) is 4.34. The van der Waals surface area contributed by atoms with Crippen molar-refractivity contribution in [3.63, 3.8) is 0 Å². The number of imide groups is 1. The SMILES string of the molecule is Cc1cc(Br)cc(Cl)c1OC(=O)CN1C(=O)N[C@@](C)(C2CC2)C1=O. The lowest BCUT2D eigenvalue weighted by molar-refractivity contribution is -0.141. The van der Waals surface area contributed by atoms with Gasteiger partial charge in [-0.25, -0.2) is 9.59 Å². The average Bonchev–Trinajstić information content (AvgIpc) is 3.29. The molecule has 1 saturated carbocycles. The van der Waals surface area contributed by atoms with Gasteiger partial charge in [-0.2, -0.15) is 0 Å². The second kappa shape index (κ2) is 6.04. The molecule has 1 aliphatic heterocycles.